The normalized spacial score (nSPS) is 12.3. The number of rotatable bonds is 7. The minimum absolute atomic E-state index is 0.185. The second kappa shape index (κ2) is 7.00. The lowest BCUT2D eigenvalue weighted by Crippen LogP contribution is -2.24. The first-order chi connectivity index (χ1) is 9.72. The molecule has 0 amide bonds. The summed E-state index contributed by atoms with van der Waals surface area (Å²) < 4.78 is 5.19. The third-order valence-corrected chi connectivity index (χ3v) is 3.10. The fourth-order valence-corrected chi connectivity index (χ4v) is 2.05. The summed E-state index contributed by atoms with van der Waals surface area (Å²) >= 11 is 0. The van der Waals surface area contributed by atoms with Crippen molar-refractivity contribution < 1.29 is 4.74 Å². The Morgan fingerprint density at radius 2 is 2.05 bits per heavy atom. The summed E-state index contributed by atoms with van der Waals surface area (Å²) in [6, 6.07) is 8.27. The highest BCUT2D eigenvalue weighted by atomic mass is 16.5. The van der Waals surface area contributed by atoms with Gasteiger partial charge in [-0.3, -0.25) is 0 Å². The molecule has 6 nitrogen and oxygen atoms in total. The highest BCUT2D eigenvalue weighted by Gasteiger charge is 2.14. The van der Waals surface area contributed by atoms with Crippen LogP contribution in [0, 0.1) is 0 Å². The van der Waals surface area contributed by atoms with Gasteiger partial charge in [-0.2, -0.15) is 4.80 Å². The van der Waals surface area contributed by atoms with Crippen molar-refractivity contribution in [1.82, 2.24) is 25.5 Å². The highest BCUT2D eigenvalue weighted by Crippen LogP contribution is 2.20. The fourth-order valence-electron chi connectivity index (χ4n) is 2.05. The van der Waals surface area contributed by atoms with Gasteiger partial charge >= 0.3 is 0 Å². The molecule has 1 aromatic heterocycles. The zero-order valence-electron chi connectivity index (χ0n) is 12.2. The van der Waals surface area contributed by atoms with Gasteiger partial charge in [0.15, 0.2) is 5.82 Å². The number of aryl methyl sites for hydroxylation is 1. The Bertz CT molecular complexity index is 523. The van der Waals surface area contributed by atoms with Gasteiger partial charge in [0.05, 0.1) is 14.2 Å². The molecular formula is C14H21N5O. The summed E-state index contributed by atoms with van der Waals surface area (Å²) in [4.78, 5) is 1.49. The van der Waals surface area contributed by atoms with Crippen LogP contribution in [0.5, 0.6) is 5.75 Å². The van der Waals surface area contributed by atoms with Gasteiger partial charge in [-0.1, -0.05) is 19.1 Å². The smallest absolute Gasteiger partial charge is 0.176 e. The minimum Gasteiger partial charge on any atom is -0.497 e. The molecular weight excluding hydrogens is 254 g/mol. The number of ether oxygens (including phenoxy) is 1. The molecule has 0 aliphatic carbocycles. The van der Waals surface area contributed by atoms with E-state index >= 15 is 0 Å². The molecule has 0 saturated heterocycles. The second-order valence-corrected chi connectivity index (χ2v) is 4.68. The first kappa shape index (κ1) is 14.5. The standard InChI is InChI=1S/C14H21N5O/c1-4-9-15-13(10-14-16-18-19(2)17-14)11-5-7-12(20-3)8-6-11/h5-8,13,15H,4,9-10H2,1-3H3. The maximum absolute atomic E-state index is 5.19. The number of hydrogen-bond donors (Lipinski definition) is 1. The van der Waals surface area contributed by atoms with E-state index in [9.17, 15) is 0 Å². The number of nitrogens with one attached hydrogen (secondary N) is 1. The van der Waals surface area contributed by atoms with Crippen molar-refractivity contribution in [2.75, 3.05) is 13.7 Å². The topological polar surface area (TPSA) is 64.9 Å². The van der Waals surface area contributed by atoms with Gasteiger partial charge in [0.25, 0.3) is 0 Å². The molecule has 20 heavy (non-hydrogen) atoms. The molecule has 6 heteroatoms. The summed E-state index contributed by atoms with van der Waals surface area (Å²) in [7, 11) is 3.45. The summed E-state index contributed by atoms with van der Waals surface area (Å²) in [5, 5.41) is 15.7. The first-order valence-corrected chi connectivity index (χ1v) is 6.83. The van der Waals surface area contributed by atoms with Crippen LogP contribution in [0.25, 0.3) is 0 Å². The van der Waals surface area contributed by atoms with E-state index in [-0.39, 0.29) is 6.04 Å². The van der Waals surface area contributed by atoms with Crippen molar-refractivity contribution in [2.45, 2.75) is 25.8 Å². The number of nitrogens with zero attached hydrogens (tertiary/aromatic N) is 4. The highest BCUT2D eigenvalue weighted by molar-refractivity contribution is 5.29. The van der Waals surface area contributed by atoms with Gasteiger partial charge in [-0.15, -0.1) is 10.2 Å². The van der Waals surface area contributed by atoms with Crippen LogP contribution in [0.4, 0.5) is 0 Å². The Kier molecular flexibility index (Phi) is 5.06. The zero-order chi connectivity index (χ0) is 14.4. The van der Waals surface area contributed by atoms with Gasteiger partial charge in [0.2, 0.25) is 0 Å². The zero-order valence-corrected chi connectivity index (χ0v) is 12.2. The van der Waals surface area contributed by atoms with Gasteiger partial charge in [-0.25, -0.2) is 0 Å². The summed E-state index contributed by atoms with van der Waals surface area (Å²) in [5.74, 6) is 1.61. The van der Waals surface area contributed by atoms with E-state index in [1.54, 1.807) is 14.2 Å². The molecule has 1 N–H and O–H groups in total. The molecule has 2 aromatic rings. The number of methoxy groups -OCH3 is 1. The van der Waals surface area contributed by atoms with Gasteiger partial charge < -0.3 is 10.1 Å². The minimum atomic E-state index is 0.185. The number of benzene rings is 1. The SMILES string of the molecule is CCCNC(Cc1nnn(C)n1)c1ccc(OC)cc1. The maximum atomic E-state index is 5.19. The van der Waals surface area contributed by atoms with Gasteiger partial charge in [0, 0.05) is 12.5 Å². The Morgan fingerprint density at radius 3 is 2.60 bits per heavy atom. The van der Waals surface area contributed by atoms with Crippen molar-refractivity contribution in [3.8, 4) is 5.75 Å². The quantitative estimate of drug-likeness (QED) is 0.829. The maximum Gasteiger partial charge on any atom is 0.176 e. The van der Waals surface area contributed by atoms with Crippen LogP contribution in [0.3, 0.4) is 0 Å². The third-order valence-electron chi connectivity index (χ3n) is 3.10. The first-order valence-electron chi connectivity index (χ1n) is 6.83. The van der Waals surface area contributed by atoms with Crippen LogP contribution in [0.15, 0.2) is 24.3 Å². The van der Waals surface area contributed by atoms with Crippen LogP contribution < -0.4 is 10.1 Å². The average Bonchev–Trinajstić information content (AvgIpc) is 2.89. The summed E-state index contributed by atoms with van der Waals surface area (Å²) in [6.45, 7) is 3.11. The predicted molar refractivity (Wildman–Crippen MR) is 76.5 cm³/mol. The summed E-state index contributed by atoms with van der Waals surface area (Å²) in [6.07, 6.45) is 1.81. The average molecular weight is 275 g/mol. The molecule has 1 atom stereocenters. The van der Waals surface area contributed by atoms with Crippen LogP contribution in [0.1, 0.15) is 30.8 Å². The molecule has 1 aromatic carbocycles. The van der Waals surface area contributed by atoms with Gasteiger partial charge in [0.1, 0.15) is 5.75 Å². The Hall–Kier alpha value is -1.95. The van der Waals surface area contributed by atoms with E-state index in [0.29, 0.717) is 0 Å². The molecule has 0 aliphatic heterocycles. The van der Waals surface area contributed by atoms with Crippen molar-refractivity contribution in [3.05, 3.63) is 35.7 Å². The second-order valence-electron chi connectivity index (χ2n) is 4.68. The Labute approximate surface area is 119 Å². The Morgan fingerprint density at radius 1 is 1.30 bits per heavy atom. The largest absolute Gasteiger partial charge is 0.497 e. The van der Waals surface area contributed by atoms with E-state index < -0.39 is 0 Å². The molecule has 1 heterocycles. The lowest BCUT2D eigenvalue weighted by molar-refractivity contribution is 0.414. The molecule has 0 saturated carbocycles. The van der Waals surface area contributed by atoms with E-state index in [1.807, 2.05) is 12.1 Å². The lowest BCUT2D eigenvalue weighted by Gasteiger charge is -2.17. The van der Waals surface area contributed by atoms with Crippen molar-refractivity contribution in [2.24, 2.45) is 7.05 Å². The number of tetrazole rings is 1. The monoisotopic (exact) mass is 275 g/mol. The molecule has 1 unspecified atom stereocenters. The lowest BCUT2D eigenvalue weighted by atomic mass is 10.0. The van der Waals surface area contributed by atoms with Crippen LogP contribution in [0.2, 0.25) is 0 Å². The molecule has 108 valence electrons. The predicted octanol–water partition coefficient (Wildman–Crippen LogP) is 1.50. The van der Waals surface area contributed by atoms with Crippen LogP contribution in [-0.4, -0.2) is 33.9 Å². The third kappa shape index (κ3) is 3.77. The van der Waals surface area contributed by atoms with E-state index in [2.05, 4.69) is 39.8 Å². The summed E-state index contributed by atoms with van der Waals surface area (Å²) in [5.41, 5.74) is 1.20. The van der Waals surface area contributed by atoms with Crippen molar-refractivity contribution in [1.29, 1.82) is 0 Å². The number of hydrogen-bond acceptors (Lipinski definition) is 5. The van der Waals surface area contributed by atoms with E-state index in [0.717, 1.165) is 31.0 Å². The van der Waals surface area contributed by atoms with Gasteiger partial charge in [-0.05, 0) is 35.9 Å². The van der Waals surface area contributed by atoms with Crippen molar-refractivity contribution >= 4 is 0 Å². The fraction of sp³-hybridized carbons (Fsp3) is 0.500. The molecule has 0 bridgehead atoms. The van der Waals surface area contributed by atoms with E-state index in [4.69, 9.17) is 4.74 Å². The van der Waals surface area contributed by atoms with E-state index in [1.165, 1.54) is 10.4 Å². The molecule has 2 rings (SSSR count). The number of aromatic nitrogens is 4. The van der Waals surface area contributed by atoms with Crippen molar-refractivity contribution in [3.63, 3.8) is 0 Å². The molecule has 0 spiro atoms. The van der Waals surface area contributed by atoms with Crippen LogP contribution >= 0.6 is 0 Å². The Balaban J connectivity index is 2.12. The molecule has 0 radical (unpaired) electrons. The molecule has 0 aliphatic rings. The van der Waals surface area contributed by atoms with Crippen LogP contribution in [-0.2, 0) is 13.5 Å². The molecule has 0 fully saturated rings.